The lowest BCUT2D eigenvalue weighted by atomic mass is 10.1. The molecule has 0 aliphatic heterocycles. The van der Waals surface area contributed by atoms with Crippen LogP contribution >= 0.6 is 0 Å². The summed E-state index contributed by atoms with van der Waals surface area (Å²) in [6.45, 7) is 3.62. The number of carbonyl (C=O) groups excluding carboxylic acids is 1. The number of rotatable bonds is 6. The predicted molar refractivity (Wildman–Crippen MR) is 64.5 cm³/mol. The summed E-state index contributed by atoms with van der Waals surface area (Å²) in [4.78, 5) is 11.4. The first-order valence-corrected chi connectivity index (χ1v) is 5.20. The molecule has 1 aromatic carbocycles. The highest BCUT2D eigenvalue weighted by molar-refractivity contribution is 5.93. The molecule has 0 radical (unpaired) electrons. The van der Waals surface area contributed by atoms with Crippen molar-refractivity contribution in [1.82, 2.24) is 0 Å². The van der Waals surface area contributed by atoms with Crippen molar-refractivity contribution < 1.29 is 4.79 Å². The standard InChI is InChI=1S/C14H16O/c1-2-3-5-10-14(15)12-11-13-8-6-4-7-9-13/h2,4,6-9,11-12H,1,3,5,10H2/b12-11+. The molecule has 0 aliphatic rings. The molecule has 0 fully saturated rings. The van der Waals surface area contributed by atoms with Gasteiger partial charge in [-0.25, -0.2) is 0 Å². The average molecular weight is 200 g/mol. The van der Waals surface area contributed by atoms with Crippen LogP contribution in [0.1, 0.15) is 24.8 Å². The molecule has 78 valence electrons. The van der Waals surface area contributed by atoms with E-state index in [-0.39, 0.29) is 5.78 Å². The summed E-state index contributed by atoms with van der Waals surface area (Å²) < 4.78 is 0. The lowest BCUT2D eigenvalue weighted by Gasteiger charge is -1.93. The van der Waals surface area contributed by atoms with E-state index in [9.17, 15) is 4.79 Å². The fourth-order valence-electron chi connectivity index (χ4n) is 1.26. The van der Waals surface area contributed by atoms with Crippen molar-refractivity contribution in [2.24, 2.45) is 0 Å². The van der Waals surface area contributed by atoms with Gasteiger partial charge in [0.2, 0.25) is 0 Å². The van der Waals surface area contributed by atoms with Crippen molar-refractivity contribution in [3.05, 3.63) is 54.6 Å². The van der Waals surface area contributed by atoms with E-state index in [0.717, 1.165) is 18.4 Å². The van der Waals surface area contributed by atoms with E-state index >= 15 is 0 Å². The van der Waals surface area contributed by atoms with Crippen molar-refractivity contribution >= 4 is 11.9 Å². The van der Waals surface area contributed by atoms with E-state index in [1.807, 2.05) is 42.5 Å². The summed E-state index contributed by atoms with van der Waals surface area (Å²) in [6, 6.07) is 9.84. The first-order valence-electron chi connectivity index (χ1n) is 5.20. The molecule has 0 heterocycles. The van der Waals surface area contributed by atoms with E-state index in [4.69, 9.17) is 0 Å². The lowest BCUT2D eigenvalue weighted by molar-refractivity contribution is -0.114. The van der Waals surface area contributed by atoms with E-state index in [1.54, 1.807) is 6.08 Å². The Kier molecular flexibility index (Phi) is 5.16. The van der Waals surface area contributed by atoms with Gasteiger partial charge in [-0.3, -0.25) is 4.79 Å². The first-order chi connectivity index (χ1) is 7.33. The van der Waals surface area contributed by atoms with Crippen molar-refractivity contribution in [3.63, 3.8) is 0 Å². The molecule has 0 saturated heterocycles. The Hall–Kier alpha value is -1.63. The van der Waals surface area contributed by atoms with Crippen LogP contribution in [0.25, 0.3) is 6.08 Å². The summed E-state index contributed by atoms with van der Waals surface area (Å²) in [5.41, 5.74) is 1.06. The molecular weight excluding hydrogens is 184 g/mol. The van der Waals surface area contributed by atoms with Crippen LogP contribution in [0.15, 0.2) is 49.1 Å². The number of ketones is 1. The molecule has 1 nitrogen and oxygen atoms in total. The molecule has 0 unspecified atom stereocenters. The Morgan fingerprint density at radius 3 is 2.67 bits per heavy atom. The van der Waals surface area contributed by atoms with Gasteiger partial charge in [-0.05, 0) is 24.5 Å². The summed E-state index contributed by atoms with van der Waals surface area (Å²) in [5, 5.41) is 0. The molecule has 0 bridgehead atoms. The second-order valence-corrected chi connectivity index (χ2v) is 3.39. The number of hydrogen-bond donors (Lipinski definition) is 0. The van der Waals surface area contributed by atoms with Gasteiger partial charge in [0.15, 0.2) is 5.78 Å². The molecule has 0 N–H and O–H groups in total. The number of benzene rings is 1. The van der Waals surface area contributed by atoms with Crippen LogP contribution in [0.5, 0.6) is 0 Å². The second-order valence-electron chi connectivity index (χ2n) is 3.39. The van der Waals surface area contributed by atoms with Crippen LogP contribution in [0, 0.1) is 0 Å². The van der Waals surface area contributed by atoms with Gasteiger partial charge < -0.3 is 0 Å². The summed E-state index contributed by atoms with van der Waals surface area (Å²) in [6.07, 6.45) is 7.75. The number of hydrogen-bond acceptors (Lipinski definition) is 1. The van der Waals surface area contributed by atoms with Gasteiger partial charge in [-0.15, -0.1) is 6.58 Å². The largest absolute Gasteiger partial charge is 0.295 e. The SMILES string of the molecule is C=CCCCC(=O)/C=C/c1ccccc1. The molecule has 0 aliphatic carbocycles. The number of carbonyl (C=O) groups is 1. The smallest absolute Gasteiger partial charge is 0.155 e. The van der Waals surface area contributed by atoms with Crippen molar-refractivity contribution in [2.75, 3.05) is 0 Å². The highest BCUT2D eigenvalue weighted by Crippen LogP contribution is 2.03. The van der Waals surface area contributed by atoms with Gasteiger partial charge in [0, 0.05) is 6.42 Å². The van der Waals surface area contributed by atoms with Crippen molar-refractivity contribution in [3.8, 4) is 0 Å². The maximum Gasteiger partial charge on any atom is 0.155 e. The van der Waals surface area contributed by atoms with Gasteiger partial charge in [-0.1, -0.05) is 42.5 Å². The number of unbranched alkanes of at least 4 members (excludes halogenated alkanes) is 1. The van der Waals surface area contributed by atoms with E-state index in [0.29, 0.717) is 6.42 Å². The van der Waals surface area contributed by atoms with Crippen LogP contribution in [0.3, 0.4) is 0 Å². The fraction of sp³-hybridized carbons (Fsp3) is 0.214. The van der Waals surface area contributed by atoms with Gasteiger partial charge >= 0.3 is 0 Å². The normalized spacial score (nSPS) is 10.4. The van der Waals surface area contributed by atoms with Crippen LogP contribution in [-0.4, -0.2) is 5.78 Å². The first kappa shape index (κ1) is 11.4. The molecule has 0 amide bonds. The van der Waals surface area contributed by atoms with E-state index in [1.165, 1.54) is 0 Å². The average Bonchev–Trinajstić information content (AvgIpc) is 2.28. The zero-order valence-electron chi connectivity index (χ0n) is 8.86. The third kappa shape index (κ3) is 4.96. The minimum absolute atomic E-state index is 0.181. The third-order valence-electron chi connectivity index (χ3n) is 2.09. The monoisotopic (exact) mass is 200 g/mol. The lowest BCUT2D eigenvalue weighted by Crippen LogP contribution is -1.91. The molecule has 1 rings (SSSR count). The van der Waals surface area contributed by atoms with Gasteiger partial charge in [-0.2, -0.15) is 0 Å². The van der Waals surface area contributed by atoms with Gasteiger partial charge in [0.05, 0.1) is 0 Å². The minimum Gasteiger partial charge on any atom is -0.295 e. The zero-order valence-corrected chi connectivity index (χ0v) is 8.86. The maximum absolute atomic E-state index is 11.4. The Bertz CT molecular complexity index is 336. The zero-order chi connectivity index (χ0) is 10.9. The molecule has 0 spiro atoms. The van der Waals surface area contributed by atoms with E-state index < -0.39 is 0 Å². The molecule has 0 atom stereocenters. The highest BCUT2D eigenvalue weighted by atomic mass is 16.1. The minimum atomic E-state index is 0.181. The molecule has 0 saturated carbocycles. The van der Waals surface area contributed by atoms with Crippen molar-refractivity contribution in [2.45, 2.75) is 19.3 Å². The summed E-state index contributed by atoms with van der Waals surface area (Å²) in [7, 11) is 0. The third-order valence-corrected chi connectivity index (χ3v) is 2.09. The van der Waals surface area contributed by atoms with Gasteiger partial charge in [0.1, 0.15) is 0 Å². The second kappa shape index (κ2) is 6.77. The molecule has 1 heteroatoms. The predicted octanol–water partition coefficient (Wildman–Crippen LogP) is 3.63. The Balaban J connectivity index is 2.37. The van der Waals surface area contributed by atoms with Crippen LogP contribution in [0.2, 0.25) is 0 Å². The molecule has 1 aromatic rings. The Morgan fingerprint density at radius 1 is 1.27 bits per heavy atom. The van der Waals surface area contributed by atoms with E-state index in [2.05, 4.69) is 6.58 Å². The Labute approximate surface area is 91.1 Å². The molecular formula is C14H16O. The Morgan fingerprint density at radius 2 is 2.00 bits per heavy atom. The van der Waals surface area contributed by atoms with Crippen LogP contribution < -0.4 is 0 Å². The van der Waals surface area contributed by atoms with Gasteiger partial charge in [0.25, 0.3) is 0 Å². The summed E-state index contributed by atoms with van der Waals surface area (Å²) >= 11 is 0. The number of allylic oxidation sites excluding steroid dienone is 2. The maximum atomic E-state index is 11.4. The topological polar surface area (TPSA) is 17.1 Å². The fourth-order valence-corrected chi connectivity index (χ4v) is 1.26. The molecule has 15 heavy (non-hydrogen) atoms. The molecule has 0 aromatic heterocycles. The quantitative estimate of drug-likeness (QED) is 0.389. The van der Waals surface area contributed by atoms with Crippen LogP contribution in [0.4, 0.5) is 0 Å². The van der Waals surface area contributed by atoms with Crippen LogP contribution in [-0.2, 0) is 4.79 Å². The van der Waals surface area contributed by atoms with Crippen molar-refractivity contribution in [1.29, 1.82) is 0 Å². The summed E-state index contributed by atoms with van der Waals surface area (Å²) in [5.74, 6) is 0.181. The highest BCUT2D eigenvalue weighted by Gasteiger charge is 1.94.